The van der Waals surface area contributed by atoms with Gasteiger partial charge in [-0.3, -0.25) is 0 Å². The number of aryl methyl sites for hydroxylation is 1. The standard InChI is InChI=1S/C16H23Cl2N3/c1-4-12(2)20(3)10-11-21-15(8-9-17)19-14-7-5-6-13(18)16(14)21/h5-7,12H,4,8-11H2,1-3H3. The van der Waals surface area contributed by atoms with Gasteiger partial charge in [-0.25, -0.2) is 4.98 Å². The number of likely N-dealkylation sites (N-methyl/N-ethyl adjacent to an activating group) is 1. The van der Waals surface area contributed by atoms with Gasteiger partial charge in [0, 0.05) is 31.4 Å². The maximum absolute atomic E-state index is 6.37. The summed E-state index contributed by atoms with van der Waals surface area (Å²) >= 11 is 12.3. The first-order valence-corrected chi connectivity index (χ1v) is 8.39. The van der Waals surface area contributed by atoms with Crippen LogP contribution in [0, 0.1) is 0 Å². The summed E-state index contributed by atoms with van der Waals surface area (Å²) < 4.78 is 2.22. The van der Waals surface area contributed by atoms with E-state index in [1.165, 1.54) is 0 Å². The Kier molecular flexibility index (Phi) is 5.91. The van der Waals surface area contributed by atoms with Crippen molar-refractivity contribution < 1.29 is 0 Å². The summed E-state index contributed by atoms with van der Waals surface area (Å²) in [5.41, 5.74) is 1.98. The number of halogens is 2. The fraction of sp³-hybridized carbons (Fsp3) is 0.562. The first-order valence-electron chi connectivity index (χ1n) is 7.48. The van der Waals surface area contributed by atoms with E-state index in [9.17, 15) is 0 Å². The van der Waals surface area contributed by atoms with E-state index in [-0.39, 0.29) is 0 Å². The average molecular weight is 328 g/mol. The van der Waals surface area contributed by atoms with Gasteiger partial charge in [0.15, 0.2) is 0 Å². The molecule has 5 heteroatoms. The van der Waals surface area contributed by atoms with Crippen LogP contribution in [0.1, 0.15) is 26.1 Å². The summed E-state index contributed by atoms with van der Waals surface area (Å²) in [7, 11) is 2.16. The van der Waals surface area contributed by atoms with E-state index < -0.39 is 0 Å². The van der Waals surface area contributed by atoms with E-state index in [2.05, 4.69) is 35.3 Å². The molecule has 0 aliphatic heterocycles. The van der Waals surface area contributed by atoms with Crippen LogP contribution >= 0.6 is 23.2 Å². The lowest BCUT2D eigenvalue weighted by molar-refractivity contribution is 0.242. The van der Waals surface area contributed by atoms with Gasteiger partial charge in [0.05, 0.1) is 16.1 Å². The molecule has 1 atom stereocenters. The van der Waals surface area contributed by atoms with Crippen molar-refractivity contribution in [2.75, 3.05) is 19.5 Å². The van der Waals surface area contributed by atoms with Crippen LogP contribution in [0.5, 0.6) is 0 Å². The molecule has 0 aliphatic carbocycles. The summed E-state index contributed by atoms with van der Waals surface area (Å²) in [5.74, 6) is 1.59. The number of fused-ring (bicyclic) bond motifs is 1. The zero-order valence-electron chi connectivity index (χ0n) is 12.9. The molecule has 3 nitrogen and oxygen atoms in total. The Morgan fingerprint density at radius 1 is 1.38 bits per heavy atom. The fourth-order valence-corrected chi connectivity index (χ4v) is 2.94. The van der Waals surface area contributed by atoms with E-state index in [4.69, 9.17) is 23.2 Å². The fourth-order valence-electron chi connectivity index (χ4n) is 2.50. The maximum Gasteiger partial charge on any atom is 0.111 e. The Morgan fingerprint density at radius 2 is 2.14 bits per heavy atom. The molecule has 0 radical (unpaired) electrons. The van der Waals surface area contributed by atoms with Crippen LogP contribution in [0.2, 0.25) is 5.02 Å². The van der Waals surface area contributed by atoms with Crippen LogP contribution < -0.4 is 0 Å². The molecule has 0 saturated carbocycles. The molecule has 0 aliphatic rings. The van der Waals surface area contributed by atoms with E-state index in [0.717, 1.165) is 47.8 Å². The number of alkyl halides is 1. The SMILES string of the molecule is CCC(C)N(C)CCn1c(CCCl)nc2cccc(Cl)c21. The minimum atomic E-state index is 0.572. The zero-order chi connectivity index (χ0) is 15.4. The third-order valence-electron chi connectivity index (χ3n) is 4.13. The smallest absolute Gasteiger partial charge is 0.111 e. The van der Waals surface area contributed by atoms with Crippen LogP contribution in [0.25, 0.3) is 11.0 Å². The summed E-state index contributed by atoms with van der Waals surface area (Å²) in [5, 5.41) is 0.756. The van der Waals surface area contributed by atoms with Crippen LogP contribution in [0.4, 0.5) is 0 Å². The van der Waals surface area contributed by atoms with Crippen LogP contribution in [-0.2, 0) is 13.0 Å². The maximum atomic E-state index is 6.37. The second kappa shape index (κ2) is 7.48. The van der Waals surface area contributed by atoms with Crippen molar-refractivity contribution >= 4 is 34.2 Å². The van der Waals surface area contributed by atoms with E-state index in [1.807, 2.05) is 18.2 Å². The summed E-state index contributed by atoms with van der Waals surface area (Å²) in [6.45, 7) is 6.32. The molecule has 1 heterocycles. The average Bonchev–Trinajstić information content (AvgIpc) is 2.83. The Hall–Kier alpha value is -0.770. The van der Waals surface area contributed by atoms with E-state index in [1.54, 1.807) is 0 Å². The summed E-state index contributed by atoms with van der Waals surface area (Å²) in [6, 6.07) is 6.45. The third-order valence-corrected chi connectivity index (χ3v) is 4.63. The third kappa shape index (κ3) is 3.71. The number of nitrogens with zero attached hydrogens (tertiary/aromatic N) is 3. The van der Waals surface area contributed by atoms with Gasteiger partial charge in [-0.15, -0.1) is 11.6 Å². The molecule has 21 heavy (non-hydrogen) atoms. The minimum absolute atomic E-state index is 0.572. The van der Waals surface area contributed by atoms with E-state index >= 15 is 0 Å². The number of aromatic nitrogens is 2. The Balaban J connectivity index is 2.30. The molecule has 0 saturated heterocycles. The molecule has 116 valence electrons. The first-order chi connectivity index (χ1) is 10.1. The highest BCUT2D eigenvalue weighted by atomic mass is 35.5. The number of benzene rings is 1. The van der Waals surface area contributed by atoms with Gasteiger partial charge in [-0.1, -0.05) is 24.6 Å². The van der Waals surface area contributed by atoms with Crippen molar-refractivity contribution in [3.8, 4) is 0 Å². The molecule has 1 aromatic carbocycles. The quantitative estimate of drug-likeness (QED) is 0.710. The topological polar surface area (TPSA) is 21.1 Å². The van der Waals surface area contributed by atoms with Crippen molar-refractivity contribution in [1.82, 2.24) is 14.5 Å². The Labute approximate surface area is 136 Å². The molecular weight excluding hydrogens is 305 g/mol. The van der Waals surface area contributed by atoms with Gasteiger partial charge in [-0.05, 0) is 32.5 Å². The normalized spacial score (nSPS) is 13.2. The lowest BCUT2D eigenvalue weighted by Crippen LogP contribution is -2.31. The molecular formula is C16H23Cl2N3. The van der Waals surface area contributed by atoms with Crippen molar-refractivity contribution in [2.45, 2.75) is 39.3 Å². The highest BCUT2D eigenvalue weighted by molar-refractivity contribution is 6.35. The zero-order valence-corrected chi connectivity index (χ0v) is 14.5. The summed E-state index contributed by atoms with van der Waals surface area (Å²) in [4.78, 5) is 7.05. The van der Waals surface area contributed by atoms with Gasteiger partial charge in [0.2, 0.25) is 0 Å². The lowest BCUT2D eigenvalue weighted by Gasteiger charge is -2.24. The van der Waals surface area contributed by atoms with Crippen LogP contribution in [0.15, 0.2) is 18.2 Å². The lowest BCUT2D eigenvalue weighted by atomic mass is 10.2. The van der Waals surface area contributed by atoms with E-state index in [0.29, 0.717) is 11.9 Å². The van der Waals surface area contributed by atoms with Gasteiger partial charge in [-0.2, -0.15) is 0 Å². The van der Waals surface area contributed by atoms with Crippen molar-refractivity contribution in [2.24, 2.45) is 0 Å². The molecule has 0 fully saturated rings. The minimum Gasteiger partial charge on any atom is -0.325 e. The highest BCUT2D eigenvalue weighted by Crippen LogP contribution is 2.25. The van der Waals surface area contributed by atoms with Gasteiger partial charge < -0.3 is 9.47 Å². The number of rotatable bonds is 7. The second-order valence-electron chi connectivity index (χ2n) is 5.46. The highest BCUT2D eigenvalue weighted by Gasteiger charge is 2.14. The van der Waals surface area contributed by atoms with Gasteiger partial charge >= 0.3 is 0 Å². The van der Waals surface area contributed by atoms with Crippen molar-refractivity contribution in [1.29, 1.82) is 0 Å². The van der Waals surface area contributed by atoms with Crippen molar-refractivity contribution in [3.05, 3.63) is 29.0 Å². The number of para-hydroxylation sites is 1. The monoisotopic (exact) mass is 327 g/mol. The van der Waals surface area contributed by atoms with Crippen LogP contribution in [0.3, 0.4) is 0 Å². The second-order valence-corrected chi connectivity index (χ2v) is 6.25. The van der Waals surface area contributed by atoms with Gasteiger partial charge in [0.1, 0.15) is 5.82 Å². The predicted octanol–water partition coefficient (Wildman–Crippen LogP) is 4.20. The first kappa shape index (κ1) is 16.6. The largest absolute Gasteiger partial charge is 0.325 e. The molecule has 0 amide bonds. The molecule has 1 aromatic heterocycles. The predicted molar refractivity (Wildman–Crippen MR) is 91.6 cm³/mol. The van der Waals surface area contributed by atoms with Crippen molar-refractivity contribution in [3.63, 3.8) is 0 Å². The number of imidazole rings is 1. The Bertz CT molecular complexity index is 594. The van der Waals surface area contributed by atoms with Crippen LogP contribution in [-0.4, -0.2) is 40.0 Å². The molecule has 0 bridgehead atoms. The number of hydrogen-bond donors (Lipinski definition) is 0. The molecule has 2 aromatic rings. The molecule has 0 N–H and O–H groups in total. The molecule has 1 unspecified atom stereocenters. The van der Waals surface area contributed by atoms with Gasteiger partial charge in [0.25, 0.3) is 0 Å². The Morgan fingerprint density at radius 3 is 2.81 bits per heavy atom. The number of hydrogen-bond acceptors (Lipinski definition) is 2. The summed E-state index contributed by atoms with van der Waals surface area (Å²) in [6.07, 6.45) is 1.91. The molecule has 2 rings (SSSR count). The molecule has 0 spiro atoms.